The number of ketones is 1. The standard InChI is InChI=1S/C31H41NO6/c1-30-14-11-21(33)18-20(30)4-5-22-23-6-8-27(31(23,2)15-12-24(22)30)38-29(37)10-9-28(36)32-16-13-19-3-7-25(34)26(35)17-19/h3,7,17-18,22-24,27,34-35H,4-6,8-16H2,1-2H3,(H,32,36)/t22-,23-,24+,27-,30-,31-/m0/s1. The Bertz CT molecular complexity index is 1140. The predicted molar refractivity (Wildman–Crippen MR) is 142 cm³/mol. The first-order valence-electron chi connectivity index (χ1n) is 14.3. The minimum Gasteiger partial charge on any atom is -0.504 e. The van der Waals surface area contributed by atoms with Crippen molar-refractivity contribution in [1.29, 1.82) is 0 Å². The first-order valence-corrected chi connectivity index (χ1v) is 14.3. The first kappa shape index (κ1) is 26.8. The van der Waals surface area contributed by atoms with Crippen molar-refractivity contribution in [2.45, 2.75) is 90.6 Å². The van der Waals surface area contributed by atoms with Crippen LogP contribution in [0.1, 0.15) is 83.6 Å². The van der Waals surface area contributed by atoms with Crippen LogP contribution in [0.4, 0.5) is 0 Å². The molecule has 4 aliphatic rings. The zero-order valence-electron chi connectivity index (χ0n) is 22.6. The Hall–Kier alpha value is -2.83. The van der Waals surface area contributed by atoms with E-state index in [-0.39, 0.29) is 58.9 Å². The molecule has 6 atom stereocenters. The molecule has 3 N–H and O–H groups in total. The number of carbonyl (C=O) groups excluding carboxylic acids is 3. The van der Waals surface area contributed by atoms with Crippen LogP contribution < -0.4 is 5.32 Å². The van der Waals surface area contributed by atoms with Crippen LogP contribution >= 0.6 is 0 Å². The molecular formula is C31H41NO6. The summed E-state index contributed by atoms with van der Waals surface area (Å²) in [5.41, 5.74) is 2.30. The first-order chi connectivity index (χ1) is 18.1. The van der Waals surface area contributed by atoms with Gasteiger partial charge < -0.3 is 20.3 Å². The second-order valence-electron chi connectivity index (χ2n) is 12.5. The molecule has 0 bridgehead atoms. The molecule has 3 fully saturated rings. The average Bonchev–Trinajstić information content (AvgIpc) is 3.21. The van der Waals surface area contributed by atoms with E-state index in [1.54, 1.807) is 6.07 Å². The Morgan fingerprint density at radius 3 is 2.61 bits per heavy atom. The Morgan fingerprint density at radius 2 is 1.82 bits per heavy atom. The van der Waals surface area contributed by atoms with Crippen LogP contribution in [0.5, 0.6) is 11.5 Å². The van der Waals surface area contributed by atoms with Crippen molar-refractivity contribution in [3.05, 3.63) is 35.4 Å². The van der Waals surface area contributed by atoms with Crippen molar-refractivity contribution in [3.63, 3.8) is 0 Å². The Morgan fingerprint density at radius 1 is 1.00 bits per heavy atom. The maximum atomic E-state index is 12.7. The Kier molecular flexibility index (Phi) is 7.31. The largest absolute Gasteiger partial charge is 0.504 e. The predicted octanol–water partition coefficient (Wildman–Crippen LogP) is 4.98. The minimum absolute atomic E-state index is 0.0170. The number of hydrogen-bond acceptors (Lipinski definition) is 6. The quantitative estimate of drug-likeness (QED) is 0.343. The topological polar surface area (TPSA) is 113 Å². The molecule has 0 saturated heterocycles. The Balaban J connectivity index is 1.10. The fraction of sp³-hybridized carbons (Fsp3) is 0.645. The molecule has 1 amide bonds. The van der Waals surface area contributed by atoms with Gasteiger partial charge in [-0.25, -0.2) is 0 Å². The molecule has 1 aromatic carbocycles. The Labute approximate surface area is 225 Å². The molecule has 0 aliphatic heterocycles. The molecule has 0 radical (unpaired) electrons. The number of fused-ring (bicyclic) bond motifs is 5. The van der Waals surface area contributed by atoms with E-state index in [1.165, 1.54) is 17.7 Å². The molecule has 4 aliphatic carbocycles. The summed E-state index contributed by atoms with van der Waals surface area (Å²) in [6, 6.07) is 4.59. The number of phenols is 2. The zero-order valence-corrected chi connectivity index (χ0v) is 22.6. The normalized spacial score (nSPS) is 33.9. The number of allylic oxidation sites excluding steroid dienone is 1. The van der Waals surface area contributed by atoms with Gasteiger partial charge in [0.05, 0.1) is 6.42 Å². The van der Waals surface area contributed by atoms with E-state index in [1.807, 2.05) is 6.08 Å². The number of nitrogens with one attached hydrogen (secondary N) is 1. The molecule has 7 nitrogen and oxygen atoms in total. The smallest absolute Gasteiger partial charge is 0.306 e. The number of ether oxygens (including phenoxy) is 1. The lowest BCUT2D eigenvalue weighted by molar-refractivity contribution is -0.160. The van der Waals surface area contributed by atoms with E-state index in [9.17, 15) is 24.6 Å². The summed E-state index contributed by atoms with van der Waals surface area (Å²) in [5.74, 6) is 1.20. The SMILES string of the molecule is C[C@]12CC[C@@H]3[C@@H](CCC4=CC(=O)CC[C@@]43C)[C@@H]1CC[C@@H]2OC(=O)CCC(=O)NCCc1ccc(O)c(O)c1. The van der Waals surface area contributed by atoms with Crippen LogP contribution in [0, 0.1) is 28.6 Å². The van der Waals surface area contributed by atoms with E-state index in [4.69, 9.17) is 4.74 Å². The second kappa shape index (κ2) is 10.4. The number of amides is 1. The molecule has 7 heteroatoms. The van der Waals surface area contributed by atoms with E-state index < -0.39 is 0 Å². The van der Waals surface area contributed by atoms with Crippen LogP contribution in [0.2, 0.25) is 0 Å². The lowest BCUT2D eigenvalue weighted by Crippen LogP contribution is -2.51. The average molecular weight is 524 g/mol. The van der Waals surface area contributed by atoms with E-state index >= 15 is 0 Å². The van der Waals surface area contributed by atoms with Gasteiger partial charge in [-0.05, 0) is 98.3 Å². The molecule has 0 aromatic heterocycles. The van der Waals surface area contributed by atoms with Crippen molar-refractivity contribution in [2.75, 3.05) is 6.54 Å². The summed E-state index contributed by atoms with van der Waals surface area (Å²) in [7, 11) is 0. The molecule has 1 aromatic rings. The fourth-order valence-corrected chi connectivity index (χ4v) is 8.30. The molecule has 0 heterocycles. The summed E-state index contributed by atoms with van der Waals surface area (Å²) in [4.78, 5) is 37.1. The van der Waals surface area contributed by atoms with Crippen molar-refractivity contribution in [3.8, 4) is 11.5 Å². The highest BCUT2D eigenvalue weighted by Gasteiger charge is 2.59. The molecule has 38 heavy (non-hydrogen) atoms. The van der Waals surface area contributed by atoms with Gasteiger partial charge in [0.25, 0.3) is 0 Å². The van der Waals surface area contributed by atoms with Gasteiger partial charge in [-0.2, -0.15) is 0 Å². The lowest BCUT2D eigenvalue weighted by Gasteiger charge is -2.57. The second-order valence-corrected chi connectivity index (χ2v) is 12.5. The number of hydrogen-bond donors (Lipinski definition) is 3. The number of esters is 1. The van der Waals surface area contributed by atoms with Gasteiger partial charge in [-0.15, -0.1) is 0 Å². The minimum atomic E-state index is -0.302. The zero-order chi connectivity index (χ0) is 27.1. The van der Waals surface area contributed by atoms with Crippen LogP contribution in [0.25, 0.3) is 0 Å². The summed E-state index contributed by atoms with van der Waals surface area (Å²) in [6.45, 7) is 5.08. The molecular weight excluding hydrogens is 482 g/mol. The van der Waals surface area contributed by atoms with Crippen molar-refractivity contribution in [2.24, 2.45) is 28.6 Å². The molecule has 5 rings (SSSR count). The van der Waals surface area contributed by atoms with E-state index in [0.717, 1.165) is 50.5 Å². The fourth-order valence-electron chi connectivity index (χ4n) is 8.30. The molecule has 0 unspecified atom stereocenters. The van der Waals surface area contributed by atoms with Gasteiger partial charge in [0.2, 0.25) is 5.91 Å². The summed E-state index contributed by atoms with van der Waals surface area (Å²) in [6.07, 6.45) is 10.4. The van der Waals surface area contributed by atoms with E-state index in [0.29, 0.717) is 37.1 Å². The third kappa shape index (κ3) is 4.96. The highest BCUT2D eigenvalue weighted by Crippen LogP contribution is 2.65. The van der Waals surface area contributed by atoms with Gasteiger partial charge in [-0.1, -0.05) is 25.5 Å². The monoisotopic (exact) mass is 523 g/mol. The number of carbonyl (C=O) groups is 3. The molecule has 206 valence electrons. The van der Waals surface area contributed by atoms with Crippen molar-refractivity contribution < 1.29 is 29.3 Å². The number of aromatic hydroxyl groups is 2. The number of rotatable bonds is 7. The lowest BCUT2D eigenvalue weighted by atomic mass is 9.47. The van der Waals surface area contributed by atoms with Gasteiger partial charge in [0.15, 0.2) is 17.3 Å². The van der Waals surface area contributed by atoms with Crippen molar-refractivity contribution >= 4 is 17.7 Å². The molecule has 3 saturated carbocycles. The summed E-state index contributed by atoms with van der Waals surface area (Å²) in [5, 5.41) is 21.8. The van der Waals surface area contributed by atoms with Crippen LogP contribution in [0.15, 0.2) is 29.8 Å². The van der Waals surface area contributed by atoms with Crippen LogP contribution in [-0.2, 0) is 25.5 Å². The van der Waals surface area contributed by atoms with Gasteiger partial charge in [0, 0.05) is 24.8 Å². The highest BCUT2D eigenvalue weighted by atomic mass is 16.5. The van der Waals surface area contributed by atoms with E-state index in [2.05, 4.69) is 19.2 Å². The van der Waals surface area contributed by atoms with Crippen molar-refractivity contribution in [1.82, 2.24) is 5.32 Å². The summed E-state index contributed by atoms with van der Waals surface area (Å²) >= 11 is 0. The van der Waals surface area contributed by atoms with Crippen LogP contribution in [-0.4, -0.2) is 40.5 Å². The third-order valence-corrected chi connectivity index (χ3v) is 10.5. The number of benzene rings is 1. The maximum absolute atomic E-state index is 12.7. The molecule has 0 spiro atoms. The highest BCUT2D eigenvalue weighted by molar-refractivity contribution is 5.91. The van der Waals surface area contributed by atoms with Gasteiger partial charge in [-0.3, -0.25) is 14.4 Å². The summed E-state index contributed by atoms with van der Waals surface area (Å²) < 4.78 is 6.03. The number of phenolic OH excluding ortho intramolecular Hbond substituents is 2. The van der Waals surface area contributed by atoms with Gasteiger partial charge >= 0.3 is 5.97 Å². The third-order valence-electron chi connectivity index (χ3n) is 10.5. The maximum Gasteiger partial charge on any atom is 0.306 e. The van der Waals surface area contributed by atoms with Crippen LogP contribution in [0.3, 0.4) is 0 Å². The van der Waals surface area contributed by atoms with Gasteiger partial charge in [0.1, 0.15) is 6.10 Å².